The zero-order chi connectivity index (χ0) is 19.9. The summed E-state index contributed by atoms with van der Waals surface area (Å²) in [5, 5.41) is 3.75. The van der Waals surface area contributed by atoms with Gasteiger partial charge in [-0.05, 0) is 57.7 Å². The third-order valence-electron chi connectivity index (χ3n) is 4.54. The molecule has 2 rings (SSSR count). The number of amidine groups is 1. The van der Waals surface area contributed by atoms with Crippen molar-refractivity contribution in [1.29, 1.82) is 0 Å². The molecule has 6 heteroatoms. The number of aliphatic imine (C=N–C) groups is 1. The number of hydrogen-bond acceptors (Lipinski definition) is 4. The number of carbonyl (C=O) groups excluding carboxylic acids is 1. The molecule has 1 aromatic carbocycles. The van der Waals surface area contributed by atoms with E-state index in [9.17, 15) is 4.79 Å². The Bertz CT molecular complexity index is 662. The van der Waals surface area contributed by atoms with Gasteiger partial charge in [0.25, 0.3) is 0 Å². The van der Waals surface area contributed by atoms with Crippen molar-refractivity contribution in [2.75, 3.05) is 5.75 Å². The molecule has 3 N–H and O–H groups in total. The van der Waals surface area contributed by atoms with Gasteiger partial charge in [0, 0.05) is 5.75 Å². The van der Waals surface area contributed by atoms with Gasteiger partial charge in [-0.1, -0.05) is 50.1 Å². The van der Waals surface area contributed by atoms with Crippen LogP contribution in [0.1, 0.15) is 71.8 Å². The van der Waals surface area contributed by atoms with Gasteiger partial charge in [0.05, 0.1) is 11.2 Å². The molecule has 0 heterocycles. The Hall–Kier alpha value is -1.69. The SMILES string of the molecule is CCCSC(N)=Nc1cccc(C2(NC(=O)OC(C)(C)C)CCCCC2)c1. The van der Waals surface area contributed by atoms with Crippen LogP contribution in [0.25, 0.3) is 0 Å². The fourth-order valence-electron chi connectivity index (χ4n) is 3.38. The third-order valence-corrected chi connectivity index (χ3v) is 5.54. The van der Waals surface area contributed by atoms with E-state index in [1.54, 1.807) is 11.8 Å². The van der Waals surface area contributed by atoms with Crippen molar-refractivity contribution >= 4 is 28.7 Å². The summed E-state index contributed by atoms with van der Waals surface area (Å²) < 4.78 is 5.53. The minimum Gasteiger partial charge on any atom is -0.444 e. The van der Waals surface area contributed by atoms with E-state index in [1.165, 1.54) is 6.42 Å². The zero-order valence-electron chi connectivity index (χ0n) is 17.0. The van der Waals surface area contributed by atoms with Crippen LogP contribution in [0.2, 0.25) is 0 Å². The molecule has 1 fully saturated rings. The van der Waals surface area contributed by atoms with Gasteiger partial charge in [0.2, 0.25) is 0 Å². The van der Waals surface area contributed by atoms with Crippen molar-refractivity contribution < 1.29 is 9.53 Å². The molecule has 1 saturated carbocycles. The minimum atomic E-state index is -0.517. The van der Waals surface area contributed by atoms with E-state index in [2.05, 4.69) is 23.3 Å². The number of ether oxygens (including phenoxy) is 1. The van der Waals surface area contributed by atoms with Crippen LogP contribution < -0.4 is 11.1 Å². The molecular formula is C21H33N3O2S. The van der Waals surface area contributed by atoms with Gasteiger partial charge in [-0.2, -0.15) is 0 Å². The lowest BCUT2D eigenvalue weighted by atomic mass is 9.76. The molecule has 1 aliphatic carbocycles. The lowest BCUT2D eigenvalue weighted by Crippen LogP contribution is -2.48. The van der Waals surface area contributed by atoms with E-state index in [1.807, 2.05) is 39.0 Å². The molecule has 0 atom stereocenters. The van der Waals surface area contributed by atoms with Gasteiger partial charge in [-0.3, -0.25) is 0 Å². The van der Waals surface area contributed by atoms with E-state index in [0.29, 0.717) is 5.17 Å². The highest BCUT2D eigenvalue weighted by molar-refractivity contribution is 8.13. The van der Waals surface area contributed by atoms with Crippen LogP contribution in [-0.2, 0) is 10.3 Å². The van der Waals surface area contributed by atoms with E-state index in [0.717, 1.165) is 49.1 Å². The fourth-order valence-corrected chi connectivity index (χ4v) is 3.96. The lowest BCUT2D eigenvalue weighted by Gasteiger charge is -2.39. The van der Waals surface area contributed by atoms with Gasteiger partial charge < -0.3 is 15.8 Å². The second-order valence-electron chi connectivity index (χ2n) is 8.12. The van der Waals surface area contributed by atoms with Crippen LogP contribution in [0, 0.1) is 0 Å². The standard InChI is InChI=1S/C21H33N3O2S/c1-5-14-27-18(22)23-17-11-9-10-16(15-17)21(12-7-6-8-13-21)24-19(25)26-20(2,3)4/h9-11,15H,5-8,12-14H2,1-4H3,(H2,22,23)(H,24,25). The molecule has 1 aliphatic rings. The van der Waals surface area contributed by atoms with Gasteiger partial charge >= 0.3 is 6.09 Å². The number of benzene rings is 1. The maximum absolute atomic E-state index is 12.5. The summed E-state index contributed by atoms with van der Waals surface area (Å²) in [7, 11) is 0. The molecule has 5 nitrogen and oxygen atoms in total. The number of nitrogens with two attached hydrogens (primary N) is 1. The predicted molar refractivity (Wildman–Crippen MR) is 115 cm³/mol. The average molecular weight is 392 g/mol. The van der Waals surface area contributed by atoms with Crippen molar-refractivity contribution in [3.8, 4) is 0 Å². The van der Waals surface area contributed by atoms with Crippen LogP contribution in [0.5, 0.6) is 0 Å². The highest BCUT2D eigenvalue weighted by Gasteiger charge is 2.36. The van der Waals surface area contributed by atoms with Crippen molar-refractivity contribution in [3.63, 3.8) is 0 Å². The van der Waals surface area contributed by atoms with Crippen molar-refractivity contribution in [1.82, 2.24) is 5.32 Å². The number of carbonyl (C=O) groups is 1. The quantitative estimate of drug-likeness (QED) is 0.516. The van der Waals surface area contributed by atoms with Crippen molar-refractivity contribution in [2.45, 2.75) is 77.4 Å². The molecule has 0 aromatic heterocycles. The topological polar surface area (TPSA) is 76.7 Å². The Balaban J connectivity index is 2.26. The largest absolute Gasteiger partial charge is 0.444 e. The number of alkyl carbamates (subject to hydrolysis) is 1. The molecule has 1 amide bonds. The van der Waals surface area contributed by atoms with E-state index >= 15 is 0 Å². The average Bonchev–Trinajstić information content (AvgIpc) is 2.59. The Morgan fingerprint density at radius 2 is 2.00 bits per heavy atom. The number of hydrogen-bond donors (Lipinski definition) is 2. The summed E-state index contributed by atoms with van der Waals surface area (Å²) in [6, 6.07) is 8.05. The summed E-state index contributed by atoms with van der Waals surface area (Å²) in [5.41, 5.74) is 7.00. The minimum absolute atomic E-state index is 0.365. The summed E-state index contributed by atoms with van der Waals surface area (Å²) in [5.74, 6) is 0.958. The normalized spacial score (nSPS) is 17.4. The first-order valence-electron chi connectivity index (χ1n) is 9.83. The lowest BCUT2D eigenvalue weighted by molar-refractivity contribution is 0.0420. The highest BCUT2D eigenvalue weighted by atomic mass is 32.2. The maximum atomic E-state index is 12.5. The molecule has 0 radical (unpaired) electrons. The van der Waals surface area contributed by atoms with Gasteiger partial charge in [-0.15, -0.1) is 0 Å². The van der Waals surface area contributed by atoms with Crippen molar-refractivity contribution in [2.24, 2.45) is 10.7 Å². The smallest absolute Gasteiger partial charge is 0.408 e. The molecule has 150 valence electrons. The number of nitrogens with zero attached hydrogens (tertiary/aromatic N) is 1. The molecule has 0 bridgehead atoms. The monoisotopic (exact) mass is 391 g/mol. The molecule has 27 heavy (non-hydrogen) atoms. The Labute approximate surface area is 167 Å². The highest BCUT2D eigenvalue weighted by Crippen LogP contribution is 2.38. The number of rotatable bonds is 5. The molecule has 0 spiro atoms. The summed E-state index contributed by atoms with van der Waals surface area (Å²) in [6.45, 7) is 7.76. The van der Waals surface area contributed by atoms with E-state index in [-0.39, 0.29) is 6.09 Å². The third kappa shape index (κ3) is 6.76. The molecule has 0 aliphatic heterocycles. The number of amides is 1. The molecule has 0 saturated heterocycles. The first kappa shape index (κ1) is 21.6. The van der Waals surface area contributed by atoms with Gasteiger partial charge in [0.1, 0.15) is 5.60 Å². The summed E-state index contributed by atoms with van der Waals surface area (Å²) in [6.07, 6.45) is 5.85. The molecular weight excluding hydrogens is 358 g/mol. The van der Waals surface area contributed by atoms with E-state index < -0.39 is 11.1 Å². The van der Waals surface area contributed by atoms with Gasteiger partial charge in [0.15, 0.2) is 5.17 Å². The van der Waals surface area contributed by atoms with Crippen LogP contribution >= 0.6 is 11.8 Å². The van der Waals surface area contributed by atoms with Crippen LogP contribution in [-0.4, -0.2) is 22.6 Å². The maximum Gasteiger partial charge on any atom is 0.408 e. The van der Waals surface area contributed by atoms with Crippen LogP contribution in [0.3, 0.4) is 0 Å². The second kappa shape index (κ2) is 9.49. The zero-order valence-corrected chi connectivity index (χ0v) is 17.8. The predicted octanol–water partition coefficient (Wildman–Crippen LogP) is 5.46. The summed E-state index contributed by atoms with van der Waals surface area (Å²) >= 11 is 1.57. The molecule has 1 aromatic rings. The van der Waals surface area contributed by atoms with Crippen molar-refractivity contribution in [3.05, 3.63) is 29.8 Å². The van der Waals surface area contributed by atoms with Crippen LogP contribution in [0.4, 0.5) is 10.5 Å². The van der Waals surface area contributed by atoms with Gasteiger partial charge in [-0.25, -0.2) is 9.79 Å². The molecule has 0 unspecified atom stereocenters. The fraction of sp³-hybridized carbons (Fsp3) is 0.619. The second-order valence-corrected chi connectivity index (χ2v) is 9.23. The first-order valence-corrected chi connectivity index (χ1v) is 10.8. The van der Waals surface area contributed by atoms with Crippen LogP contribution in [0.15, 0.2) is 29.3 Å². The first-order chi connectivity index (χ1) is 12.7. The number of nitrogens with one attached hydrogen (secondary N) is 1. The van der Waals surface area contributed by atoms with E-state index in [4.69, 9.17) is 10.5 Å². The summed E-state index contributed by atoms with van der Waals surface area (Å²) in [4.78, 5) is 17.0. The Morgan fingerprint density at radius 1 is 1.30 bits per heavy atom. The Kier molecular flexibility index (Phi) is 7.59. The Morgan fingerprint density at radius 3 is 2.63 bits per heavy atom. The number of thioether (sulfide) groups is 1.